The number of hydrogen-bond acceptors (Lipinski definition) is 3. The second kappa shape index (κ2) is 7.51. The Kier molecular flexibility index (Phi) is 4.87. The monoisotopic (exact) mass is 382 g/mol. The summed E-state index contributed by atoms with van der Waals surface area (Å²) >= 11 is 0. The normalized spacial score (nSPS) is 30.2. The van der Waals surface area contributed by atoms with Crippen molar-refractivity contribution >= 4 is 11.8 Å². The molecule has 2 aliphatic heterocycles. The lowest BCUT2D eigenvalue weighted by atomic mass is 9.81. The maximum Gasteiger partial charge on any atom is 0.226 e. The van der Waals surface area contributed by atoms with Crippen LogP contribution in [0.1, 0.15) is 43.2 Å². The van der Waals surface area contributed by atoms with Crippen LogP contribution < -0.4 is 0 Å². The van der Waals surface area contributed by atoms with Crippen LogP contribution in [0.15, 0.2) is 24.3 Å². The Morgan fingerprint density at radius 1 is 0.893 bits per heavy atom. The minimum Gasteiger partial charge on any atom is -0.374 e. The van der Waals surface area contributed by atoms with E-state index in [0.29, 0.717) is 19.1 Å². The van der Waals surface area contributed by atoms with Gasteiger partial charge in [-0.2, -0.15) is 0 Å². The van der Waals surface area contributed by atoms with E-state index in [4.69, 9.17) is 4.74 Å². The summed E-state index contributed by atoms with van der Waals surface area (Å²) in [5.41, 5.74) is 2.63. The number of rotatable bonds is 2. The third kappa shape index (κ3) is 3.24. The van der Waals surface area contributed by atoms with Crippen molar-refractivity contribution in [2.75, 3.05) is 26.2 Å². The fraction of sp³-hybridized carbons (Fsp3) is 0.652. The Balaban J connectivity index is 1.29. The molecule has 2 aliphatic carbocycles. The lowest BCUT2D eigenvalue weighted by molar-refractivity contribution is -0.159. The highest BCUT2D eigenvalue weighted by Crippen LogP contribution is 2.36. The molecule has 28 heavy (non-hydrogen) atoms. The topological polar surface area (TPSA) is 49.9 Å². The SMILES string of the molecule is O=C([C@H]1CC[C@H]2OCCN(C(=O)C3Cc4ccccc4C3)[C@@H]2C1)N1CCCC1. The second-order valence-electron chi connectivity index (χ2n) is 8.92. The van der Waals surface area contributed by atoms with Crippen LogP contribution in [0.5, 0.6) is 0 Å². The number of ether oxygens (including phenoxy) is 1. The van der Waals surface area contributed by atoms with Crippen LogP contribution in [0.3, 0.4) is 0 Å². The van der Waals surface area contributed by atoms with Crippen molar-refractivity contribution in [1.29, 1.82) is 0 Å². The lowest BCUT2D eigenvalue weighted by Gasteiger charge is -2.46. The number of carbonyl (C=O) groups excluding carboxylic acids is 2. The Bertz CT molecular complexity index is 733. The van der Waals surface area contributed by atoms with Gasteiger partial charge in [0.05, 0.1) is 18.8 Å². The summed E-state index contributed by atoms with van der Waals surface area (Å²) in [5, 5.41) is 0. The number of nitrogens with zero attached hydrogens (tertiary/aromatic N) is 2. The predicted octanol–water partition coefficient (Wildman–Crippen LogP) is 2.42. The molecule has 4 aliphatic rings. The molecule has 0 radical (unpaired) electrons. The predicted molar refractivity (Wildman–Crippen MR) is 106 cm³/mol. The van der Waals surface area contributed by atoms with Crippen molar-refractivity contribution in [2.45, 2.75) is 57.1 Å². The van der Waals surface area contributed by atoms with Gasteiger partial charge < -0.3 is 14.5 Å². The van der Waals surface area contributed by atoms with Gasteiger partial charge >= 0.3 is 0 Å². The van der Waals surface area contributed by atoms with Gasteiger partial charge in [-0.3, -0.25) is 9.59 Å². The van der Waals surface area contributed by atoms with Gasteiger partial charge in [0, 0.05) is 31.5 Å². The highest BCUT2D eigenvalue weighted by molar-refractivity contribution is 5.82. The van der Waals surface area contributed by atoms with E-state index in [-0.39, 0.29) is 29.9 Å². The molecule has 2 amide bonds. The van der Waals surface area contributed by atoms with Gasteiger partial charge in [0.15, 0.2) is 0 Å². The number of carbonyl (C=O) groups is 2. The Morgan fingerprint density at radius 3 is 2.32 bits per heavy atom. The number of likely N-dealkylation sites (tertiary alicyclic amines) is 1. The van der Waals surface area contributed by atoms with E-state index in [1.165, 1.54) is 11.1 Å². The first-order chi connectivity index (χ1) is 13.7. The van der Waals surface area contributed by atoms with Crippen LogP contribution in [0.4, 0.5) is 0 Å². The van der Waals surface area contributed by atoms with Crippen molar-refractivity contribution in [3.05, 3.63) is 35.4 Å². The molecule has 3 atom stereocenters. The molecule has 150 valence electrons. The highest BCUT2D eigenvalue weighted by Gasteiger charge is 2.44. The molecule has 2 heterocycles. The Morgan fingerprint density at radius 2 is 1.61 bits per heavy atom. The Hall–Kier alpha value is -1.88. The van der Waals surface area contributed by atoms with E-state index in [1.54, 1.807) is 0 Å². The number of benzene rings is 1. The van der Waals surface area contributed by atoms with Crippen molar-refractivity contribution in [2.24, 2.45) is 11.8 Å². The fourth-order valence-electron chi connectivity index (χ4n) is 5.77. The van der Waals surface area contributed by atoms with Crippen LogP contribution >= 0.6 is 0 Å². The summed E-state index contributed by atoms with van der Waals surface area (Å²) in [5.74, 6) is 0.675. The average Bonchev–Trinajstić information content (AvgIpc) is 3.41. The number of amides is 2. The third-order valence-corrected chi connectivity index (χ3v) is 7.27. The van der Waals surface area contributed by atoms with Gasteiger partial charge in [-0.15, -0.1) is 0 Å². The summed E-state index contributed by atoms with van der Waals surface area (Å²) < 4.78 is 6.02. The molecule has 0 aromatic heterocycles. The first-order valence-electron chi connectivity index (χ1n) is 11.0. The first kappa shape index (κ1) is 18.2. The standard InChI is InChI=1S/C23H30N2O3/c26-22(24-9-3-4-10-24)18-7-8-21-20(15-18)25(11-12-28-21)23(27)19-13-16-5-1-2-6-17(16)14-19/h1-2,5-6,18-21H,3-4,7-15H2/t18-,20+,21+/m0/s1. The minimum absolute atomic E-state index is 0.0470. The molecule has 5 nitrogen and oxygen atoms in total. The van der Waals surface area contributed by atoms with E-state index in [9.17, 15) is 9.59 Å². The molecular formula is C23H30N2O3. The Labute approximate surface area is 167 Å². The van der Waals surface area contributed by atoms with E-state index < -0.39 is 0 Å². The lowest BCUT2D eigenvalue weighted by Crippen LogP contribution is -2.58. The summed E-state index contributed by atoms with van der Waals surface area (Å²) in [6.07, 6.45) is 6.60. The molecule has 0 bridgehead atoms. The molecule has 1 saturated carbocycles. The molecular weight excluding hydrogens is 352 g/mol. The zero-order valence-corrected chi connectivity index (χ0v) is 16.5. The van der Waals surface area contributed by atoms with Crippen LogP contribution in [-0.4, -0.2) is 60.0 Å². The van der Waals surface area contributed by atoms with Crippen molar-refractivity contribution in [1.82, 2.24) is 9.80 Å². The molecule has 5 heteroatoms. The van der Waals surface area contributed by atoms with Crippen molar-refractivity contribution in [3.8, 4) is 0 Å². The average molecular weight is 383 g/mol. The molecule has 0 N–H and O–H groups in total. The molecule has 2 saturated heterocycles. The third-order valence-electron chi connectivity index (χ3n) is 7.27. The smallest absolute Gasteiger partial charge is 0.226 e. The summed E-state index contributed by atoms with van der Waals surface area (Å²) in [6.45, 7) is 3.10. The van der Waals surface area contributed by atoms with Gasteiger partial charge in [0.1, 0.15) is 0 Å². The zero-order chi connectivity index (χ0) is 19.1. The van der Waals surface area contributed by atoms with Crippen molar-refractivity contribution < 1.29 is 14.3 Å². The van der Waals surface area contributed by atoms with Gasteiger partial charge in [0.2, 0.25) is 11.8 Å². The van der Waals surface area contributed by atoms with Gasteiger partial charge in [0.25, 0.3) is 0 Å². The molecule has 0 unspecified atom stereocenters. The summed E-state index contributed by atoms with van der Waals surface area (Å²) in [6, 6.07) is 8.49. The van der Waals surface area contributed by atoms with Crippen LogP contribution in [0.25, 0.3) is 0 Å². The van der Waals surface area contributed by atoms with Crippen LogP contribution in [0, 0.1) is 11.8 Å². The molecule has 5 rings (SSSR count). The first-order valence-corrected chi connectivity index (χ1v) is 11.0. The quantitative estimate of drug-likeness (QED) is 0.789. The van der Waals surface area contributed by atoms with E-state index >= 15 is 0 Å². The zero-order valence-electron chi connectivity index (χ0n) is 16.5. The fourth-order valence-corrected chi connectivity index (χ4v) is 5.77. The van der Waals surface area contributed by atoms with E-state index in [2.05, 4.69) is 29.2 Å². The van der Waals surface area contributed by atoms with E-state index in [1.807, 2.05) is 4.90 Å². The molecule has 1 aromatic rings. The maximum absolute atomic E-state index is 13.4. The number of fused-ring (bicyclic) bond motifs is 2. The van der Waals surface area contributed by atoms with Crippen LogP contribution in [-0.2, 0) is 27.2 Å². The number of hydrogen-bond donors (Lipinski definition) is 0. The highest BCUT2D eigenvalue weighted by atomic mass is 16.5. The van der Waals surface area contributed by atoms with Crippen molar-refractivity contribution in [3.63, 3.8) is 0 Å². The van der Waals surface area contributed by atoms with Gasteiger partial charge in [-0.25, -0.2) is 0 Å². The molecule has 0 spiro atoms. The van der Waals surface area contributed by atoms with Gasteiger partial charge in [-0.1, -0.05) is 24.3 Å². The van der Waals surface area contributed by atoms with Gasteiger partial charge in [-0.05, 0) is 56.1 Å². The minimum atomic E-state index is 0.0470. The van der Waals surface area contributed by atoms with Crippen LogP contribution in [0.2, 0.25) is 0 Å². The summed E-state index contributed by atoms with van der Waals surface area (Å²) in [7, 11) is 0. The number of morpholine rings is 1. The largest absolute Gasteiger partial charge is 0.374 e. The molecule has 1 aromatic carbocycles. The van der Waals surface area contributed by atoms with E-state index in [0.717, 1.165) is 58.0 Å². The second-order valence-corrected chi connectivity index (χ2v) is 8.92. The summed E-state index contributed by atoms with van der Waals surface area (Å²) in [4.78, 5) is 30.5. The maximum atomic E-state index is 13.4. The molecule has 3 fully saturated rings.